The molecule has 0 amide bonds. The van der Waals surface area contributed by atoms with E-state index in [0.29, 0.717) is 19.3 Å². The number of carboxylic acid groups (broad SMARTS) is 1. The summed E-state index contributed by atoms with van der Waals surface area (Å²) in [5.41, 5.74) is -0.867. The highest BCUT2D eigenvalue weighted by Gasteiger charge is 2.57. The minimum atomic E-state index is -5.13. The van der Waals surface area contributed by atoms with Gasteiger partial charge >= 0.3 is 17.9 Å². The normalized spacial score (nSPS) is 13.7. The van der Waals surface area contributed by atoms with Crippen LogP contribution in [0.25, 0.3) is 0 Å². The molecule has 0 aromatic heterocycles. The molecule has 0 spiro atoms. The minimum absolute atomic E-state index is 0.0773. The van der Waals surface area contributed by atoms with Gasteiger partial charge in [0.2, 0.25) is 10.0 Å². The first-order chi connectivity index (χ1) is 12.9. The monoisotopic (exact) mass is 433 g/mol. The van der Waals surface area contributed by atoms with Crippen LogP contribution in [0.15, 0.2) is 11.6 Å². The van der Waals surface area contributed by atoms with E-state index in [9.17, 15) is 30.8 Å². The van der Waals surface area contributed by atoms with Crippen LogP contribution in [-0.2, 0) is 14.8 Å². The Morgan fingerprint density at radius 2 is 1.43 bits per heavy atom. The molecule has 5 nitrogen and oxygen atoms in total. The molecule has 0 rings (SSSR count). The summed E-state index contributed by atoms with van der Waals surface area (Å²) in [5, 5.41) is 8.95. The second-order valence-corrected chi connectivity index (χ2v) is 8.66. The highest BCUT2D eigenvalue weighted by molar-refractivity contribution is 7.89. The minimum Gasteiger partial charge on any atom is -0.478 e. The summed E-state index contributed by atoms with van der Waals surface area (Å²) in [5.74, 6) is -7.40. The van der Waals surface area contributed by atoms with Crippen LogP contribution < -0.4 is 4.72 Å². The number of hydrogen-bond acceptors (Lipinski definition) is 3. The van der Waals surface area contributed by atoms with Crippen molar-refractivity contribution in [2.45, 2.75) is 90.0 Å². The number of nitrogens with one attached hydrogen (secondary N) is 1. The van der Waals surface area contributed by atoms with E-state index in [1.165, 1.54) is 0 Å². The van der Waals surface area contributed by atoms with Gasteiger partial charge in [0.25, 0.3) is 0 Å². The summed E-state index contributed by atoms with van der Waals surface area (Å²) in [7, 11) is -4.65. The molecule has 0 atom stereocenters. The van der Waals surface area contributed by atoms with Gasteiger partial charge in [0.1, 0.15) is 0 Å². The summed E-state index contributed by atoms with van der Waals surface area (Å²) in [6.07, 6.45) is 5.00. The van der Waals surface area contributed by atoms with Crippen LogP contribution in [0.2, 0.25) is 0 Å². The van der Waals surface area contributed by atoms with Gasteiger partial charge in [-0.15, -0.1) is 4.72 Å². The van der Waals surface area contributed by atoms with Crippen molar-refractivity contribution < 1.29 is 35.9 Å². The van der Waals surface area contributed by atoms with Crippen molar-refractivity contribution in [2.24, 2.45) is 0 Å². The van der Waals surface area contributed by atoms with Crippen LogP contribution in [0.3, 0.4) is 0 Å². The van der Waals surface area contributed by atoms with E-state index in [2.05, 4.69) is 0 Å². The zero-order valence-corrected chi connectivity index (χ0v) is 17.3. The van der Waals surface area contributed by atoms with Crippen LogP contribution in [0, 0.1) is 0 Å². The fourth-order valence-electron chi connectivity index (χ4n) is 2.50. The Balaban J connectivity index is 5.01. The van der Waals surface area contributed by atoms with Gasteiger partial charge in [-0.3, -0.25) is 0 Å². The molecule has 0 aliphatic carbocycles. The standard InChI is InChI=1S/C18H31F4NO4S/c1-3-5-7-8-9-11-13-28(26,27)23-18(21,22)17(19,20)14-15(16(24)25)12-10-6-4-2/h14,23H,3-13H2,1-2H3,(H,24,25). The van der Waals surface area contributed by atoms with Gasteiger partial charge in [0.15, 0.2) is 0 Å². The number of carboxylic acids is 1. The zero-order valence-electron chi connectivity index (χ0n) is 16.4. The van der Waals surface area contributed by atoms with Crippen molar-refractivity contribution in [2.75, 3.05) is 5.75 Å². The lowest BCUT2D eigenvalue weighted by Crippen LogP contribution is -2.54. The number of carbonyl (C=O) groups is 1. The fraction of sp³-hybridized carbons (Fsp3) is 0.833. The molecule has 0 aromatic carbocycles. The van der Waals surface area contributed by atoms with Crippen LogP contribution in [0.5, 0.6) is 0 Å². The van der Waals surface area contributed by atoms with E-state index < -0.39 is 39.3 Å². The van der Waals surface area contributed by atoms with Crippen LogP contribution in [-0.4, -0.2) is 37.2 Å². The highest BCUT2D eigenvalue weighted by atomic mass is 32.2. The molecule has 0 aliphatic rings. The number of aliphatic carboxylic acids is 1. The number of sulfonamides is 1. The van der Waals surface area contributed by atoms with E-state index in [0.717, 1.165) is 30.4 Å². The lowest BCUT2D eigenvalue weighted by molar-refractivity contribution is -0.186. The molecule has 166 valence electrons. The summed E-state index contributed by atoms with van der Waals surface area (Å²) in [6.45, 7) is 3.82. The zero-order chi connectivity index (χ0) is 21.8. The predicted molar refractivity (Wildman–Crippen MR) is 100 cm³/mol. The molecule has 28 heavy (non-hydrogen) atoms. The molecule has 0 fully saturated rings. The molecule has 0 saturated carbocycles. The molecule has 0 unspecified atom stereocenters. The molecular weight excluding hydrogens is 402 g/mol. The number of unbranched alkanes of at least 4 members (excludes halogenated alkanes) is 7. The maximum Gasteiger partial charge on any atom is 0.381 e. The largest absolute Gasteiger partial charge is 0.478 e. The lowest BCUT2D eigenvalue weighted by Gasteiger charge is -2.25. The molecular formula is C18H31F4NO4S. The predicted octanol–water partition coefficient (Wildman–Crippen LogP) is 5.09. The first-order valence-electron chi connectivity index (χ1n) is 9.60. The summed E-state index contributed by atoms with van der Waals surface area (Å²) < 4.78 is 80.0. The van der Waals surface area contributed by atoms with Gasteiger partial charge in [-0.1, -0.05) is 58.8 Å². The number of rotatable bonds is 16. The Bertz CT molecular complexity index is 607. The first-order valence-corrected chi connectivity index (χ1v) is 11.3. The topological polar surface area (TPSA) is 83.5 Å². The third kappa shape index (κ3) is 10.4. The van der Waals surface area contributed by atoms with E-state index in [-0.39, 0.29) is 25.3 Å². The maximum absolute atomic E-state index is 14.0. The van der Waals surface area contributed by atoms with Crippen molar-refractivity contribution in [1.29, 1.82) is 0 Å². The quantitative estimate of drug-likeness (QED) is 0.154. The van der Waals surface area contributed by atoms with Crippen molar-refractivity contribution in [3.8, 4) is 0 Å². The van der Waals surface area contributed by atoms with Gasteiger partial charge in [-0.05, 0) is 19.3 Å². The number of hydrogen-bond donors (Lipinski definition) is 2. The Morgan fingerprint density at radius 3 is 1.96 bits per heavy atom. The average Bonchev–Trinajstić information content (AvgIpc) is 2.55. The van der Waals surface area contributed by atoms with Gasteiger partial charge in [0, 0.05) is 11.6 Å². The Morgan fingerprint density at radius 1 is 0.929 bits per heavy atom. The van der Waals surface area contributed by atoms with Crippen molar-refractivity contribution in [3.63, 3.8) is 0 Å². The van der Waals surface area contributed by atoms with Crippen molar-refractivity contribution in [3.05, 3.63) is 11.6 Å². The molecule has 0 heterocycles. The lowest BCUT2D eigenvalue weighted by atomic mass is 10.0. The van der Waals surface area contributed by atoms with E-state index in [1.54, 1.807) is 0 Å². The second-order valence-electron chi connectivity index (χ2n) is 6.82. The van der Waals surface area contributed by atoms with E-state index >= 15 is 0 Å². The Kier molecular flexibility index (Phi) is 11.9. The number of halogens is 4. The van der Waals surface area contributed by atoms with E-state index in [4.69, 9.17) is 5.11 Å². The molecule has 0 aromatic rings. The van der Waals surface area contributed by atoms with E-state index in [1.807, 2.05) is 13.8 Å². The molecule has 0 saturated heterocycles. The summed E-state index contributed by atoms with van der Waals surface area (Å²) in [4.78, 5) is 11.0. The van der Waals surface area contributed by atoms with Crippen LogP contribution >= 0.6 is 0 Å². The number of alkyl halides is 4. The van der Waals surface area contributed by atoms with Crippen LogP contribution in [0.1, 0.15) is 78.1 Å². The van der Waals surface area contributed by atoms with Crippen molar-refractivity contribution in [1.82, 2.24) is 4.72 Å². The van der Waals surface area contributed by atoms with Gasteiger partial charge < -0.3 is 5.11 Å². The van der Waals surface area contributed by atoms with Gasteiger partial charge in [-0.2, -0.15) is 17.6 Å². The average molecular weight is 434 g/mol. The third-order valence-electron chi connectivity index (χ3n) is 4.15. The van der Waals surface area contributed by atoms with Gasteiger partial charge in [-0.25, -0.2) is 13.2 Å². The fourth-order valence-corrected chi connectivity index (χ4v) is 3.72. The second kappa shape index (κ2) is 12.4. The first kappa shape index (κ1) is 26.8. The van der Waals surface area contributed by atoms with Crippen molar-refractivity contribution >= 4 is 16.0 Å². The maximum atomic E-state index is 14.0. The third-order valence-corrected chi connectivity index (χ3v) is 5.54. The van der Waals surface area contributed by atoms with Crippen LogP contribution in [0.4, 0.5) is 17.6 Å². The SMILES string of the molecule is CCCCCCCCS(=O)(=O)NC(F)(F)C(F)(F)C=C(CCCCC)C(=O)O. The van der Waals surface area contributed by atoms with Gasteiger partial charge in [0.05, 0.1) is 5.75 Å². The molecule has 2 N–H and O–H groups in total. The molecule has 10 heteroatoms. The Labute approximate surface area is 164 Å². The molecule has 0 aliphatic heterocycles. The Hall–Kier alpha value is -1.16. The highest BCUT2D eigenvalue weighted by Crippen LogP contribution is 2.35. The smallest absolute Gasteiger partial charge is 0.381 e. The summed E-state index contributed by atoms with van der Waals surface area (Å²) in [6, 6.07) is -5.13. The molecule has 0 bridgehead atoms. The summed E-state index contributed by atoms with van der Waals surface area (Å²) >= 11 is 0. The molecule has 0 radical (unpaired) electrons.